The maximum Gasteiger partial charge on any atom is 0.303 e. The highest BCUT2D eigenvalue weighted by molar-refractivity contribution is 5.66. The van der Waals surface area contributed by atoms with Gasteiger partial charge in [-0.2, -0.15) is 0 Å². The van der Waals surface area contributed by atoms with Crippen LogP contribution in [-0.2, 0) is 16.0 Å². The van der Waals surface area contributed by atoms with E-state index in [9.17, 15) is 4.79 Å². The molecule has 0 aliphatic carbocycles. The van der Waals surface area contributed by atoms with Crippen LogP contribution in [0.15, 0.2) is 18.2 Å². The van der Waals surface area contributed by atoms with Crippen molar-refractivity contribution >= 4 is 5.97 Å². The first kappa shape index (κ1) is 13.7. The minimum Gasteiger partial charge on any atom is -0.493 e. The lowest BCUT2D eigenvalue weighted by Crippen LogP contribution is -2.38. The van der Waals surface area contributed by atoms with Crippen molar-refractivity contribution in [3.8, 4) is 11.5 Å². The van der Waals surface area contributed by atoms with E-state index in [1.807, 2.05) is 18.2 Å². The Balaban J connectivity index is 2.08. The zero-order valence-electron chi connectivity index (χ0n) is 10.9. The van der Waals surface area contributed by atoms with Crippen molar-refractivity contribution < 1.29 is 24.1 Å². The molecule has 0 bridgehead atoms. The minimum atomic E-state index is -0.780. The number of hydrogen-bond acceptors (Lipinski definition) is 4. The van der Waals surface area contributed by atoms with Gasteiger partial charge in [0.15, 0.2) is 11.5 Å². The van der Waals surface area contributed by atoms with Crippen LogP contribution in [0.4, 0.5) is 0 Å². The van der Waals surface area contributed by atoms with E-state index in [-0.39, 0.29) is 12.5 Å². The van der Waals surface area contributed by atoms with Crippen molar-refractivity contribution in [3.05, 3.63) is 23.8 Å². The summed E-state index contributed by atoms with van der Waals surface area (Å²) in [7, 11) is 1.60. The summed E-state index contributed by atoms with van der Waals surface area (Å²) < 4.78 is 16.3. The molecule has 0 spiro atoms. The summed E-state index contributed by atoms with van der Waals surface area (Å²) in [6, 6.07) is 5.67. The highest BCUT2D eigenvalue weighted by Crippen LogP contribution is 2.33. The number of aliphatic carboxylic acids is 1. The fourth-order valence-corrected chi connectivity index (χ4v) is 1.93. The third-order valence-corrected chi connectivity index (χ3v) is 3.01. The lowest BCUT2D eigenvalue weighted by Gasteiger charge is -2.28. The summed E-state index contributed by atoms with van der Waals surface area (Å²) in [4.78, 5) is 10.6. The van der Waals surface area contributed by atoms with E-state index in [4.69, 9.17) is 19.3 Å². The smallest absolute Gasteiger partial charge is 0.303 e. The van der Waals surface area contributed by atoms with Crippen molar-refractivity contribution in [1.82, 2.24) is 0 Å². The van der Waals surface area contributed by atoms with Gasteiger partial charge in [-0.15, -0.1) is 0 Å². The van der Waals surface area contributed by atoms with E-state index in [1.54, 1.807) is 7.11 Å². The van der Waals surface area contributed by atoms with Crippen LogP contribution >= 0.6 is 0 Å². The summed E-state index contributed by atoms with van der Waals surface area (Å²) in [5.74, 6) is 0.612. The Hall–Kier alpha value is -1.75. The van der Waals surface area contributed by atoms with Gasteiger partial charge in [0.2, 0.25) is 0 Å². The summed E-state index contributed by atoms with van der Waals surface area (Å²) in [6.45, 7) is 1.18. The molecule has 1 saturated heterocycles. The average molecular weight is 266 g/mol. The summed E-state index contributed by atoms with van der Waals surface area (Å²) in [6.07, 6.45) is 1.46. The van der Waals surface area contributed by atoms with Gasteiger partial charge in [-0.25, -0.2) is 0 Å². The zero-order valence-corrected chi connectivity index (χ0v) is 10.9. The third kappa shape index (κ3) is 3.61. The summed E-state index contributed by atoms with van der Waals surface area (Å²) in [5.41, 5.74) is 0.979. The predicted molar refractivity (Wildman–Crippen MR) is 68.8 cm³/mol. The SMILES string of the molecule is COc1cccc(CCCC(=O)O)c1OC1COC1. The predicted octanol–water partition coefficient (Wildman–Crippen LogP) is 1.88. The Morgan fingerprint density at radius 2 is 2.26 bits per heavy atom. The van der Waals surface area contributed by atoms with Gasteiger partial charge < -0.3 is 19.3 Å². The molecule has 19 heavy (non-hydrogen) atoms. The second kappa shape index (κ2) is 6.43. The summed E-state index contributed by atoms with van der Waals surface area (Å²) in [5, 5.41) is 8.68. The summed E-state index contributed by atoms with van der Waals surface area (Å²) >= 11 is 0. The molecule has 104 valence electrons. The number of ether oxygens (including phenoxy) is 3. The monoisotopic (exact) mass is 266 g/mol. The van der Waals surface area contributed by atoms with Gasteiger partial charge >= 0.3 is 5.97 Å². The molecular formula is C14H18O5. The lowest BCUT2D eigenvalue weighted by atomic mass is 10.1. The van der Waals surface area contributed by atoms with Crippen LogP contribution in [0.2, 0.25) is 0 Å². The van der Waals surface area contributed by atoms with Crippen LogP contribution in [-0.4, -0.2) is 37.5 Å². The van der Waals surface area contributed by atoms with E-state index < -0.39 is 5.97 Å². The number of para-hydroxylation sites is 1. The Kier molecular flexibility index (Phi) is 4.63. The fraction of sp³-hybridized carbons (Fsp3) is 0.500. The Morgan fingerprint density at radius 3 is 2.84 bits per heavy atom. The number of hydrogen-bond donors (Lipinski definition) is 1. The topological polar surface area (TPSA) is 65.0 Å². The molecule has 1 heterocycles. The third-order valence-electron chi connectivity index (χ3n) is 3.01. The average Bonchev–Trinajstić information content (AvgIpc) is 2.34. The van der Waals surface area contributed by atoms with Gasteiger partial charge in [-0.05, 0) is 24.5 Å². The normalized spacial score (nSPS) is 14.8. The molecule has 0 atom stereocenters. The number of methoxy groups -OCH3 is 1. The molecule has 1 aliphatic rings. The van der Waals surface area contributed by atoms with E-state index in [0.29, 0.717) is 37.6 Å². The Morgan fingerprint density at radius 1 is 1.47 bits per heavy atom. The van der Waals surface area contributed by atoms with Gasteiger partial charge in [0.25, 0.3) is 0 Å². The Bertz CT molecular complexity index is 439. The number of carboxylic acid groups (broad SMARTS) is 1. The quantitative estimate of drug-likeness (QED) is 0.816. The van der Waals surface area contributed by atoms with Gasteiger partial charge in [0, 0.05) is 6.42 Å². The first-order chi connectivity index (χ1) is 9.20. The molecule has 0 aromatic heterocycles. The van der Waals surface area contributed by atoms with Crippen LogP contribution in [0.3, 0.4) is 0 Å². The highest BCUT2D eigenvalue weighted by atomic mass is 16.6. The molecule has 2 rings (SSSR count). The molecule has 5 nitrogen and oxygen atoms in total. The van der Waals surface area contributed by atoms with E-state index in [1.165, 1.54) is 0 Å². The number of rotatable bonds is 7. The first-order valence-electron chi connectivity index (χ1n) is 6.32. The van der Waals surface area contributed by atoms with Gasteiger partial charge in [0.1, 0.15) is 6.10 Å². The van der Waals surface area contributed by atoms with Crippen LogP contribution in [0.25, 0.3) is 0 Å². The van der Waals surface area contributed by atoms with Crippen LogP contribution in [0.5, 0.6) is 11.5 Å². The minimum absolute atomic E-state index is 0.0644. The van der Waals surface area contributed by atoms with E-state index in [2.05, 4.69) is 0 Å². The molecule has 0 saturated carbocycles. The number of benzene rings is 1. The lowest BCUT2D eigenvalue weighted by molar-refractivity contribution is -0.137. The van der Waals surface area contributed by atoms with Gasteiger partial charge in [-0.3, -0.25) is 4.79 Å². The van der Waals surface area contributed by atoms with Crippen molar-refractivity contribution in [2.75, 3.05) is 20.3 Å². The molecule has 1 N–H and O–H groups in total. The second-order valence-electron chi connectivity index (χ2n) is 4.47. The highest BCUT2D eigenvalue weighted by Gasteiger charge is 2.23. The van der Waals surface area contributed by atoms with Crippen molar-refractivity contribution in [1.29, 1.82) is 0 Å². The van der Waals surface area contributed by atoms with Crippen molar-refractivity contribution in [2.45, 2.75) is 25.4 Å². The van der Waals surface area contributed by atoms with Crippen molar-refractivity contribution in [2.24, 2.45) is 0 Å². The molecule has 1 aromatic rings. The molecule has 0 unspecified atom stereocenters. The van der Waals surface area contributed by atoms with Gasteiger partial charge in [-0.1, -0.05) is 12.1 Å². The fourth-order valence-electron chi connectivity index (χ4n) is 1.93. The maximum atomic E-state index is 10.6. The molecule has 0 radical (unpaired) electrons. The molecule has 1 aliphatic heterocycles. The molecule has 1 aromatic carbocycles. The van der Waals surface area contributed by atoms with Crippen molar-refractivity contribution in [3.63, 3.8) is 0 Å². The van der Waals surface area contributed by atoms with Crippen LogP contribution < -0.4 is 9.47 Å². The number of aryl methyl sites for hydroxylation is 1. The first-order valence-corrected chi connectivity index (χ1v) is 6.32. The largest absolute Gasteiger partial charge is 0.493 e. The molecule has 0 amide bonds. The molecule has 1 fully saturated rings. The number of carbonyl (C=O) groups is 1. The Labute approximate surface area is 112 Å². The molecule has 5 heteroatoms. The van der Waals surface area contributed by atoms with Crippen LogP contribution in [0, 0.1) is 0 Å². The van der Waals surface area contributed by atoms with Gasteiger partial charge in [0.05, 0.1) is 20.3 Å². The van der Waals surface area contributed by atoms with E-state index >= 15 is 0 Å². The standard InChI is InChI=1S/C14H18O5/c1-17-12-6-2-4-10(5-3-7-13(15)16)14(12)19-11-8-18-9-11/h2,4,6,11H,3,5,7-9H2,1H3,(H,15,16). The second-order valence-corrected chi connectivity index (χ2v) is 4.47. The van der Waals surface area contributed by atoms with Crippen LogP contribution in [0.1, 0.15) is 18.4 Å². The zero-order chi connectivity index (χ0) is 13.7. The maximum absolute atomic E-state index is 10.6. The molecular weight excluding hydrogens is 248 g/mol. The van der Waals surface area contributed by atoms with E-state index in [0.717, 1.165) is 5.56 Å². The number of carboxylic acids is 1.